The van der Waals surface area contributed by atoms with Crippen molar-refractivity contribution in [1.82, 2.24) is 0 Å². The average molecular weight is 428 g/mol. The van der Waals surface area contributed by atoms with Crippen molar-refractivity contribution in [3.8, 4) is 5.75 Å². The molecule has 4 nitrogen and oxygen atoms in total. The first-order valence-electron chi connectivity index (χ1n) is 8.80. The third-order valence-corrected chi connectivity index (χ3v) is 5.07. The summed E-state index contributed by atoms with van der Waals surface area (Å²) in [5, 5.41) is 8.77. The molecule has 0 aliphatic rings. The predicted molar refractivity (Wildman–Crippen MR) is 119 cm³/mol. The lowest BCUT2D eigenvalue weighted by atomic mass is 10.2. The van der Waals surface area contributed by atoms with Crippen LogP contribution in [0, 0.1) is 5.82 Å². The number of nitrogens with zero attached hydrogens (tertiary/aromatic N) is 2. The number of hydrogen-bond donors (Lipinski definition) is 1. The summed E-state index contributed by atoms with van der Waals surface area (Å²) in [5.74, 6) is 1.00. The summed E-state index contributed by atoms with van der Waals surface area (Å²) in [4.78, 5) is 0. The first kappa shape index (κ1) is 20.9. The van der Waals surface area contributed by atoms with Crippen molar-refractivity contribution < 1.29 is 9.13 Å². The smallest absolute Gasteiger partial charge is 0.180 e. The van der Waals surface area contributed by atoms with Crippen LogP contribution in [0.1, 0.15) is 16.7 Å². The van der Waals surface area contributed by atoms with E-state index in [4.69, 9.17) is 22.1 Å². The maximum absolute atomic E-state index is 13.1. The fourth-order valence-electron chi connectivity index (χ4n) is 2.40. The Labute approximate surface area is 178 Å². The number of amidine groups is 1. The maximum Gasteiger partial charge on any atom is 0.180 e. The molecular weight excluding hydrogens is 409 g/mol. The molecule has 3 rings (SSSR count). The van der Waals surface area contributed by atoms with Gasteiger partial charge in [-0.15, -0.1) is 5.10 Å². The van der Waals surface area contributed by atoms with Gasteiger partial charge in [0.1, 0.15) is 18.2 Å². The number of halogens is 2. The number of benzene rings is 3. The number of ether oxygens (including phenoxy) is 1. The molecule has 0 aliphatic heterocycles. The Morgan fingerprint density at radius 3 is 2.69 bits per heavy atom. The SMILES string of the molecule is NC(=NN=Cc1cccc(OCc2ccc(F)cc2Cl)c1)SCc1ccccc1. The van der Waals surface area contributed by atoms with Crippen molar-refractivity contribution in [3.63, 3.8) is 0 Å². The maximum atomic E-state index is 13.1. The highest BCUT2D eigenvalue weighted by molar-refractivity contribution is 8.13. The molecule has 0 spiro atoms. The lowest BCUT2D eigenvalue weighted by molar-refractivity contribution is 0.306. The summed E-state index contributed by atoms with van der Waals surface area (Å²) >= 11 is 7.45. The first-order valence-corrected chi connectivity index (χ1v) is 10.2. The molecule has 3 aromatic rings. The van der Waals surface area contributed by atoms with Crippen LogP contribution in [-0.2, 0) is 12.4 Å². The van der Waals surface area contributed by atoms with Crippen molar-refractivity contribution in [3.05, 3.63) is 100 Å². The molecule has 2 N–H and O–H groups in total. The quantitative estimate of drug-likeness (QED) is 0.301. The minimum absolute atomic E-state index is 0.237. The van der Waals surface area contributed by atoms with Crippen LogP contribution < -0.4 is 10.5 Å². The number of rotatable bonds is 7. The van der Waals surface area contributed by atoms with Gasteiger partial charge in [-0.3, -0.25) is 0 Å². The Morgan fingerprint density at radius 1 is 1.07 bits per heavy atom. The Bertz CT molecular complexity index is 1010. The molecule has 3 aromatic carbocycles. The normalized spacial score (nSPS) is 11.7. The predicted octanol–water partition coefficient (Wildman–Crippen LogP) is 5.64. The molecule has 0 amide bonds. The number of thioether (sulfide) groups is 1. The van der Waals surface area contributed by atoms with Gasteiger partial charge in [0.2, 0.25) is 0 Å². The van der Waals surface area contributed by atoms with Crippen molar-refractivity contribution in [2.24, 2.45) is 15.9 Å². The third-order valence-electron chi connectivity index (χ3n) is 3.86. The van der Waals surface area contributed by atoms with Gasteiger partial charge >= 0.3 is 0 Å². The summed E-state index contributed by atoms with van der Waals surface area (Å²) in [7, 11) is 0. The molecule has 0 heterocycles. The zero-order valence-electron chi connectivity index (χ0n) is 15.5. The fraction of sp³-hybridized carbons (Fsp3) is 0.0909. The molecule has 0 radical (unpaired) electrons. The van der Waals surface area contributed by atoms with Gasteiger partial charge in [0.15, 0.2) is 5.17 Å². The van der Waals surface area contributed by atoms with E-state index in [0.717, 1.165) is 11.3 Å². The van der Waals surface area contributed by atoms with Crippen LogP contribution in [0.2, 0.25) is 5.02 Å². The van der Waals surface area contributed by atoms with Crippen molar-refractivity contribution >= 4 is 34.7 Å². The van der Waals surface area contributed by atoms with E-state index in [1.165, 1.54) is 29.5 Å². The number of nitrogens with two attached hydrogens (primary N) is 1. The van der Waals surface area contributed by atoms with Gasteiger partial charge in [-0.2, -0.15) is 5.10 Å². The van der Waals surface area contributed by atoms with Crippen LogP contribution in [0.15, 0.2) is 83.0 Å². The van der Waals surface area contributed by atoms with E-state index in [-0.39, 0.29) is 12.4 Å². The summed E-state index contributed by atoms with van der Waals surface area (Å²) in [6.45, 7) is 0.237. The molecule has 0 bridgehead atoms. The van der Waals surface area contributed by atoms with Crippen LogP contribution >= 0.6 is 23.4 Å². The summed E-state index contributed by atoms with van der Waals surface area (Å²) < 4.78 is 18.8. The molecular formula is C22H19ClFN3OS. The standard InChI is InChI=1S/C22H19ClFN3OS/c23-21-12-19(24)10-9-18(21)14-28-20-8-4-7-17(11-20)13-26-27-22(25)29-15-16-5-2-1-3-6-16/h1-13H,14-15H2,(H2,25,27). The Balaban J connectivity index is 1.54. The largest absolute Gasteiger partial charge is 0.489 e. The molecule has 0 fully saturated rings. The van der Waals surface area contributed by atoms with Crippen molar-refractivity contribution in [2.45, 2.75) is 12.4 Å². The molecule has 0 aromatic heterocycles. The molecule has 0 saturated heterocycles. The molecule has 0 saturated carbocycles. The lowest BCUT2D eigenvalue weighted by Crippen LogP contribution is -2.06. The molecule has 29 heavy (non-hydrogen) atoms. The van der Waals surface area contributed by atoms with E-state index < -0.39 is 0 Å². The highest BCUT2D eigenvalue weighted by Crippen LogP contribution is 2.20. The molecule has 0 atom stereocenters. The minimum Gasteiger partial charge on any atom is -0.489 e. The Kier molecular flexibility index (Phi) is 7.67. The topological polar surface area (TPSA) is 60.0 Å². The summed E-state index contributed by atoms with van der Waals surface area (Å²) in [6, 6.07) is 21.6. The zero-order valence-corrected chi connectivity index (χ0v) is 17.0. The zero-order chi connectivity index (χ0) is 20.5. The van der Waals surface area contributed by atoms with Crippen molar-refractivity contribution in [2.75, 3.05) is 0 Å². The Hall–Kier alpha value is -2.83. The molecule has 148 valence electrons. The number of hydrogen-bond acceptors (Lipinski definition) is 4. The molecule has 0 unspecified atom stereocenters. The second-order valence-electron chi connectivity index (χ2n) is 6.05. The van der Waals surface area contributed by atoms with Gasteiger partial charge < -0.3 is 10.5 Å². The van der Waals surface area contributed by atoms with Crippen molar-refractivity contribution in [1.29, 1.82) is 0 Å². The molecule has 7 heteroatoms. The summed E-state index contributed by atoms with van der Waals surface area (Å²) in [5.41, 5.74) is 8.59. The average Bonchev–Trinajstić information content (AvgIpc) is 2.73. The van der Waals surface area contributed by atoms with Gasteiger partial charge in [0.25, 0.3) is 0 Å². The van der Waals surface area contributed by atoms with Crippen LogP contribution in [0.4, 0.5) is 4.39 Å². The van der Waals surface area contributed by atoms with Gasteiger partial charge in [0, 0.05) is 11.3 Å². The van der Waals surface area contributed by atoms with Gasteiger partial charge in [-0.25, -0.2) is 4.39 Å². The Morgan fingerprint density at radius 2 is 1.90 bits per heavy atom. The highest BCUT2D eigenvalue weighted by Gasteiger charge is 2.03. The van der Waals surface area contributed by atoms with Crippen LogP contribution in [0.25, 0.3) is 0 Å². The fourth-order valence-corrected chi connectivity index (χ4v) is 3.23. The second kappa shape index (κ2) is 10.6. The lowest BCUT2D eigenvalue weighted by Gasteiger charge is -2.08. The highest BCUT2D eigenvalue weighted by atomic mass is 35.5. The van der Waals surface area contributed by atoms with E-state index in [1.54, 1.807) is 12.3 Å². The van der Waals surface area contributed by atoms with E-state index >= 15 is 0 Å². The minimum atomic E-state index is -0.376. The van der Waals surface area contributed by atoms with E-state index in [0.29, 0.717) is 21.5 Å². The third kappa shape index (κ3) is 6.93. The van der Waals surface area contributed by atoms with E-state index in [1.807, 2.05) is 54.6 Å². The van der Waals surface area contributed by atoms with Crippen LogP contribution in [0.3, 0.4) is 0 Å². The van der Waals surface area contributed by atoms with E-state index in [9.17, 15) is 4.39 Å². The first-order chi connectivity index (χ1) is 14.1. The monoisotopic (exact) mass is 427 g/mol. The summed E-state index contributed by atoms with van der Waals surface area (Å²) in [6.07, 6.45) is 1.60. The second-order valence-corrected chi connectivity index (χ2v) is 7.46. The van der Waals surface area contributed by atoms with Crippen LogP contribution in [0.5, 0.6) is 5.75 Å². The van der Waals surface area contributed by atoms with Gasteiger partial charge in [-0.1, -0.05) is 71.9 Å². The molecule has 0 aliphatic carbocycles. The van der Waals surface area contributed by atoms with Gasteiger partial charge in [0.05, 0.1) is 11.2 Å². The van der Waals surface area contributed by atoms with E-state index in [2.05, 4.69) is 10.2 Å². The van der Waals surface area contributed by atoms with Gasteiger partial charge in [-0.05, 0) is 35.4 Å². The van der Waals surface area contributed by atoms with Crippen LogP contribution in [-0.4, -0.2) is 11.4 Å².